The lowest BCUT2D eigenvalue weighted by atomic mass is 10.2. The maximum atomic E-state index is 13.0. The van der Waals surface area contributed by atoms with E-state index < -0.39 is 0 Å². The van der Waals surface area contributed by atoms with E-state index in [0.717, 1.165) is 22.4 Å². The zero-order valence-electron chi connectivity index (χ0n) is 16.4. The Morgan fingerprint density at radius 2 is 1.72 bits per heavy atom. The van der Waals surface area contributed by atoms with Gasteiger partial charge in [0, 0.05) is 19.3 Å². The fourth-order valence-corrected chi connectivity index (χ4v) is 3.66. The van der Waals surface area contributed by atoms with Gasteiger partial charge >= 0.3 is 12.0 Å². The summed E-state index contributed by atoms with van der Waals surface area (Å²) in [6.07, 6.45) is 1.70. The van der Waals surface area contributed by atoms with Crippen LogP contribution in [0.5, 0.6) is 11.8 Å². The highest BCUT2D eigenvalue weighted by atomic mass is 16.5. The number of hydrogen-bond donors (Lipinski definition) is 0. The largest absolute Gasteiger partial charge is 0.434 e. The molecule has 0 saturated carbocycles. The molecule has 2 aromatic heterocycles. The highest BCUT2D eigenvalue weighted by molar-refractivity contribution is 6.12. The average molecular weight is 386 g/mol. The van der Waals surface area contributed by atoms with Crippen LogP contribution in [-0.4, -0.2) is 34.7 Å². The predicted octanol–water partition coefficient (Wildman–Crippen LogP) is 4.60. The highest BCUT2D eigenvalue weighted by Crippen LogP contribution is 2.43. The van der Waals surface area contributed by atoms with Gasteiger partial charge in [-0.1, -0.05) is 12.1 Å². The molecule has 0 bridgehead atoms. The van der Waals surface area contributed by atoms with Crippen molar-refractivity contribution >= 4 is 34.3 Å². The fourth-order valence-electron chi connectivity index (χ4n) is 3.66. The second-order valence-corrected chi connectivity index (χ2v) is 7.46. The van der Waals surface area contributed by atoms with Gasteiger partial charge in [-0.2, -0.15) is 4.98 Å². The second kappa shape index (κ2) is 6.15. The Morgan fingerprint density at radius 3 is 2.48 bits per heavy atom. The molecule has 7 nitrogen and oxygen atoms in total. The molecule has 3 heterocycles. The van der Waals surface area contributed by atoms with Crippen molar-refractivity contribution in [3.63, 3.8) is 0 Å². The normalized spacial score (nSPS) is 15.0. The molecule has 0 saturated heterocycles. The number of imidazole rings is 1. The topological polar surface area (TPSA) is 60.2 Å². The van der Waals surface area contributed by atoms with Gasteiger partial charge in [-0.25, -0.2) is 19.2 Å². The lowest BCUT2D eigenvalue weighted by molar-refractivity contribution is 0.230. The molecule has 29 heavy (non-hydrogen) atoms. The number of aryl methyl sites for hydroxylation is 1. The van der Waals surface area contributed by atoms with Gasteiger partial charge in [0.25, 0.3) is 0 Å². The van der Waals surface area contributed by atoms with E-state index in [4.69, 9.17) is 4.74 Å². The van der Waals surface area contributed by atoms with Gasteiger partial charge in [-0.3, -0.25) is 4.57 Å². The molecule has 0 unspecified atom stereocenters. The van der Waals surface area contributed by atoms with E-state index in [2.05, 4.69) is 9.97 Å². The van der Waals surface area contributed by atoms with Crippen LogP contribution in [0.3, 0.4) is 0 Å². The van der Waals surface area contributed by atoms with Crippen LogP contribution in [0.15, 0.2) is 66.9 Å². The lowest BCUT2D eigenvalue weighted by Crippen LogP contribution is -2.47. The molecule has 0 N–H and O–H groups in total. The fraction of sp³-hybridized carbons (Fsp3) is 0.136. The number of anilines is 2. The Balaban J connectivity index is 1.46. The number of pyridine rings is 1. The molecule has 0 atom stereocenters. The zero-order valence-corrected chi connectivity index (χ0v) is 16.4. The van der Waals surface area contributed by atoms with E-state index in [1.807, 2.05) is 86.4 Å². The third-order valence-electron chi connectivity index (χ3n) is 5.30. The van der Waals surface area contributed by atoms with Gasteiger partial charge in [-0.15, -0.1) is 0 Å². The molecule has 144 valence electrons. The van der Waals surface area contributed by atoms with Gasteiger partial charge in [0.15, 0.2) is 5.69 Å². The van der Waals surface area contributed by atoms with E-state index in [1.54, 1.807) is 11.1 Å². The van der Waals surface area contributed by atoms with Crippen molar-refractivity contribution < 1.29 is 9.53 Å². The first kappa shape index (κ1) is 17.4. The number of amides is 2. The van der Waals surface area contributed by atoms with Crippen molar-refractivity contribution in [3.05, 3.63) is 66.9 Å². The van der Waals surface area contributed by atoms with E-state index in [9.17, 15) is 4.79 Å². The summed E-state index contributed by atoms with van der Waals surface area (Å²) in [5.41, 5.74) is 3.50. The van der Waals surface area contributed by atoms with Crippen molar-refractivity contribution in [3.8, 4) is 11.8 Å². The van der Waals surface area contributed by atoms with Crippen molar-refractivity contribution in [2.75, 3.05) is 19.0 Å². The SMILES string of the molecule is Cn1c(Oc2ccc(N3C(=O)[N+](C)(C)c4cccnc43)cc2)nc2ccccc21. The second-order valence-electron chi connectivity index (χ2n) is 7.46. The Bertz CT molecular complexity index is 1240. The minimum absolute atomic E-state index is 0.0530. The molecule has 1 aliphatic rings. The van der Waals surface area contributed by atoms with Gasteiger partial charge in [-0.05, 0) is 42.5 Å². The molecule has 4 aromatic rings. The molecule has 0 spiro atoms. The van der Waals surface area contributed by atoms with Crippen LogP contribution < -0.4 is 14.1 Å². The van der Waals surface area contributed by atoms with E-state index in [1.165, 1.54) is 0 Å². The first-order valence-electron chi connectivity index (χ1n) is 9.30. The number of fused-ring (bicyclic) bond motifs is 2. The molecular formula is C22H20N5O2+. The van der Waals surface area contributed by atoms with Gasteiger partial charge in [0.2, 0.25) is 5.82 Å². The number of benzene rings is 2. The van der Waals surface area contributed by atoms with Crippen LogP contribution in [0.4, 0.5) is 22.0 Å². The van der Waals surface area contributed by atoms with Gasteiger partial charge in [0.05, 0.1) is 30.8 Å². The maximum Gasteiger partial charge on any atom is 0.434 e. The number of carbonyl (C=O) groups excluding carboxylic acids is 1. The summed E-state index contributed by atoms with van der Waals surface area (Å²) in [6, 6.07) is 19.5. The Labute approximate surface area is 168 Å². The Kier molecular flexibility index (Phi) is 3.69. The minimum atomic E-state index is -0.0530. The molecule has 0 fully saturated rings. The van der Waals surface area contributed by atoms with E-state index in [0.29, 0.717) is 17.6 Å². The first-order chi connectivity index (χ1) is 14.0. The molecule has 7 heteroatoms. The molecule has 5 rings (SSSR count). The number of para-hydroxylation sites is 2. The van der Waals surface area contributed by atoms with E-state index >= 15 is 0 Å². The average Bonchev–Trinajstić information content (AvgIpc) is 3.15. The zero-order chi connectivity index (χ0) is 20.2. The number of ether oxygens (including phenoxy) is 1. The number of urea groups is 1. The van der Waals surface area contributed by atoms with Crippen LogP contribution in [-0.2, 0) is 7.05 Å². The summed E-state index contributed by atoms with van der Waals surface area (Å²) in [5.74, 6) is 1.31. The van der Waals surface area contributed by atoms with Crippen molar-refractivity contribution in [2.24, 2.45) is 7.05 Å². The quantitative estimate of drug-likeness (QED) is 0.483. The molecule has 2 aromatic carbocycles. The summed E-state index contributed by atoms with van der Waals surface area (Å²) < 4.78 is 8.01. The van der Waals surface area contributed by atoms with Gasteiger partial charge in [0.1, 0.15) is 5.75 Å². The molecule has 2 amide bonds. The van der Waals surface area contributed by atoms with Crippen LogP contribution in [0, 0.1) is 0 Å². The minimum Gasteiger partial charge on any atom is -0.425 e. The number of rotatable bonds is 3. The van der Waals surface area contributed by atoms with Crippen molar-refractivity contribution in [2.45, 2.75) is 0 Å². The molecule has 0 radical (unpaired) electrons. The molecule has 1 aliphatic heterocycles. The number of carbonyl (C=O) groups is 1. The summed E-state index contributed by atoms with van der Waals surface area (Å²) in [4.78, 5) is 23.6. The molecular weight excluding hydrogens is 366 g/mol. The highest BCUT2D eigenvalue weighted by Gasteiger charge is 2.47. The van der Waals surface area contributed by atoms with Crippen LogP contribution in [0.1, 0.15) is 0 Å². The van der Waals surface area contributed by atoms with Crippen molar-refractivity contribution in [1.29, 1.82) is 0 Å². The van der Waals surface area contributed by atoms with Crippen LogP contribution in [0.25, 0.3) is 11.0 Å². The van der Waals surface area contributed by atoms with Gasteiger partial charge < -0.3 is 4.74 Å². The number of aromatic nitrogens is 3. The number of hydrogen-bond acceptors (Lipinski definition) is 4. The Hall–Kier alpha value is -3.71. The summed E-state index contributed by atoms with van der Waals surface area (Å²) in [5, 5.41) is 0. The molecule has 0 aliphatic carbocycles. The third kappa shape index (κ3) is 2.59. The smallest absolute Gasteiger partial charge is 0.425 e. The third-order valence-corrected chi connectivity index (χ3v) is 5.30. The first-order valence-corrected chi connectivity index (χ1v) is 9.30. The van der Waals surface area contributed by atoms with Crippen LogP contribution in [0.2, 0.25) is 0 Å². The van der Waals surface area contributed by atoms with Crippen LogP contribution >= 0.6 is 0 Å². The van der Waals surface area contributed by atoms with E-state index in [-0.39, 0.29) is 10.5 Å². The van der Waals surface area contributed by atoms with Crippen molar-refractivity contribution in [1.82, 2.24) is 19.0 Å². The maximum absolute atomic E-state index is 13.0. The lowest BCUT2D eigenvalue weighted by Gasteiger charge is -2.20. The summed E-state index contributed by atoms with van der Waals surface area (Å²) in [7, 11) is 5.66. The summed E-state index contributed by atoms with van der Waals surface area (Å²) in [6.45, 7) is 0. The number of nitrogens with zero attached hydrogens (tertiary/aromatic N) is 5. The number of quaternary nitrogens is 1. The predicted molar refractivity (Wildman–Crippen MR) is 113 cm³/mol. The monoisotopic (exact) mass is 386 g/mol. The standard InChI is InChI=1S/C22H20N5O2/c1-25-18-8-5-4-7-17(18)24-21(25)29-16-12-10-15(11-13-16)26-20-19(9-6-14-23-20)27(2,3)22(26)28/h4-14H,1-3H3/q+1. The Morgan fingerprint density at radius 1 is 0.966 bits per heavy atom. The summed E-state index contributed by atoms with van der Waals surface area (Å²) >= 11 is 0.